The lowest BCUT2D eigenvalue weighted by atomic mass is 10.2. The number of amidine groups is 1. The number of carbonyl (C=O) groups excluding carboxylic acids is 1. The van der Waals surface area contributed by atoms with Crippen molar-refractivity contribution in [1.29, 1.82) is 0 Å². The van der Waals surface area contributed by atoms with Crippen LogP contribution in [0.3, 0.4) is 0 Å². The first-order chi connectivity index (χ1) is 11.5. The molecule has 1 fully saturated rings. The standard InChI is InChI=1S/C16H11N3O4S/c20-11-7-5-10(6-8-11)9-14-15(21)18-16(24-14)17-12-3-1-2-4-13(12)19(22)23/h1-9,20H,(H,17,18,21)/b14-9-. The number of para-hydroxylation sites is 2. The number of amides is 1. The molecule has 1 heterocycles. The molecule has 0 aliphatic carbocycles. The van der Waals surface area contributed by atoms with E-state index in [4.69, 9.17) is 0 Å². The van der Waals surface area contributed by atoms with Crippen LogP contribution in [0.4, 0.5) is 11.4 Å². The quantitative estimate of drug-likeness (QED) is 0.507. The molecular formula is C16H11N3O4S. The molecule has 0 unspecified atom stereocenters. The lowest BCUT2D eigenvalue weighted by molar-refractivity contribution is -0.384. The molecule has 8 heteroatoms. The van der Waals surface area contributed by atoms with Gasteiger partial charge in [-0.3, -0.25) is 14.9 Å². The molecule has 0 aromatic heterocycles. The molecule has 7 nitrogen and oxygen atoms in total. The van der Waals surface area contributed by atoms with Gasteiger partial charge >= 0.3 is 0 Å². The Hall–Kier alpha value is -3.13. The van der Waals surface area contributed by atoms with Crippen molar-refractivity contribution in [3.63, 3.8) is 0 Å². The minimum atomic E-state index is -0.520. The second-order valence-corrected chi connectivity index (χ2v) is 5.85. The Bertz CT molecular complexity index is 875. The Morgan fingerprint density at radius 1 is 1.17 bits per heavy atom. The summed E-state index contributed by atoms with van der Waals surface area (Å²) in [5, 5.41) is 23.1. The number of nitro benzene ring substituents is 1. The summed E-state index contributed by atoms with van der Waals surface area (Å²) in [5.74, 6) is -0.190. The Balaban J connectivity index is 1.87. The van der Waals surface area contributed by atoms with E-state index in [1.54, 1.807) is 30.3 Å². The molecule has 120 valence electrons. The van der Waals surface area contributed by atoms with Gasteiger partial charge < -0.3 is 10.4 Å². The van der Waals surface area contributed by atoms with Crippen LogP contribution < -0.4 is 5.32 Å². The number of carbonyl (C=O) groups is 1. The number of aromatic hydroxyl groups is 1. The maximum atomic E-state index is 12.0. The number of benzene rings is 2. The summed E-state index contributed by atoms with van der Waals surface area (Å²) < 4.78 is 0. The number of thioether (sulfide) groups is 1. The Kier molecular flexibility index (Phi) is 4.30. The number of phenolic OH excluding ortho intramolecular Hbond substituents is 1. The average molecular weight is 341 g/mol. The van der Waals surface area contributed by atoms with Crippen molar-refractivity contribution in [3.8, 4) is 5.75 Å². The van der Waals surface area contributed by atoms with Gasteiger partial charge in [0.05, 0.1) is 9.83 Å². The number of rotatable bonds is 3. The SMILES string of the molecule is O=C1NC(=Nc2ccccc2[N+](=O)[O-])S/C1=C\c1ccc(O)cc1. The average Bonchev–Trinajstić information content (AvgIpc) is 2.89. The molecule has 0 bridgehead atoms. The van der Waals surface area contributed by atoms with Crippen LogP contribution in [0.5, 0.6) is 5.75 Å². The Labute approximate surface area is 140 Å². The van der Waals surface area contributed by atoms with Crippen molar-refractivity contribution in [1.82, 2.24) is 5.32 Å². The molecule has 1 amide bonds. The lowest BCUT2D eigenvalue weighted by Crippen LogP contribution is -2.19. The number of nitrogens with one attached hydrogen (secondary N) is 1. The number of aliphatic imine (C=N–C) groups is 1. The summed E-state index contributed by atoms with van der Waals surface area (Å²) in [5.41, 5.74) is 0.796. The molecule has 2 N–H and O–H groups in total. The summed E-state index contributed by atoms with van der Waals surface area (Å²) in [6.07, 6.45) is 1.65. The van der Waals surface area contributed by atoms with Crippen LogP contribution in [0.1, 0.15) is 5.56 Å². The van der Waals surface area contributed by atoms with E-state index in [-0.39, 0.29) is 28.2 Å². The van der Waals surface area contributed by atoms with Crippen LogP contribution in [-0.2, 0) is 4.79 Å². The molecule has 2 aromatic carbocycles. The zero-order chi connectivity index (χ0) is 17.1. The highest BCUT2D eigenvalue weighted by atomic mass is 32.2. The van der Waals surface area contributed by atoms with E-state index in [1.165, 1.54) is 24.3 Å². The molecule has 3 rings (SSSR count). The van der Waals surface area contributed by atoms with Gasteiger partial charge in [-0.1, -0.05) is 24.3 Å². The van der Waals surface area contributed by atoms with Gasteiger partial charge in [-0.25, -0.2) is 4.99 Å². The van der Waals surface area contributed by atoms with Crippen molar-refractivity contribution in [3.05, 3.63) is 69.1 Å². The molecule has 1 aliphatic heterocycles. The van der Waals surface area contributed by atoms with Gasteiger partial charge in [-0.2, -0.15) is 0 Å². The summed E-state index contributed by atoms with van der Waals surface area (Å²) >= 11 is 1.10. The van der Waals surface area contributed by atoms with Crippen molar-refractivity contribution in [2.75, 3.05) is 0 Å². The van der Waals surface area contributed by atoms with Crippen LogP contribution >= 0.6 is 11.8 Å². The van der Waals surface area contributed by atoms with Gasteiger partial charge in [0.15, 0.2) is 5.17 Å². The van der Waals surface area contributed by atoms with Crippen LogP contribution in [-0.4, -0.2) is 21.1 Å². The number of nitrogens with zero attached hydrogens (tertiary/aromatic N) is 2. The van der Waals surface area contributed by atoms with E-state index in [0.29, 0.717) is 4.91 Å². The number of hydrogen-bond acceptors (Lipinski definition) is 6. The predicted molar refractivity (Wildman–Crippen MR) is 92.0 cm³/mol. The maximum absolute atomic E-state index is 12.0. The fourth-order valence-electron chi connectivity index (χ4n) is 2.02. The maximum Gasteiger partial charge on any atom is 0.294 e. The van der Waals surface area contributed by atoms with Crippen molar-refractivity contribution < 1.29 is 14.8 Å². The van der Waals surface area contributed by atoms with Crippen LogP contribution in [0, 0.1) is 10.1 Å². The summed E-state index contributed by atoms with van der Waals surface area (Å²) in [6.45, 7) is 0. The van der Waals surface area contributed by atoms with Gasteiger partial charge in [-0.05, 0) is 41.6 Å². The molecule has 0 atom stereocenters. The molecule has 2 aromatic rings. The van der Waals surface area contributed by atoms with Crippen molar-refractivity contribution in [2.24, 2.45) is 4.99 Å². The third-order valence-corrected chi connectivity index (χ3v) is 4.05. The largest absolute Gasteiger partial charge is 0.508 e. The monoisotopic (exact) mass is 341 g/mol. The van der Waals surface area contributed by atoms with E-state index in [0.717, 1.165) is 17.3 Å². The first-order valence-corrected chi connectivity index (χ1v) is 7.66. The van der Waals surface area contributed by atoms with Crippen LogP contribution in [0.25, 0.3) is 6.08 Å². The smallest absolute Gasteiger partial charge is 0.294 e. The van der Waals surface area contributed by atoms with Gasteiger partial charge in [0.1, 0.15) is 11.4 Å². The van der Waals surface area contributed by atoms with Crippen molar-refractivity contribution >= 4 is 40.3 Å². The van der Waals surface area contributed by atoms with E-state index < -0.39 is 4.92 Å². The number of phenols is 1. The highest BCUT2D eigenvalue weighted by Crippen LogP contribution is 2.31. The summed E-state index contributed by atoms with van der Waals surface area (Å²) in [6, 6.07) is 12.5. The highest BCUT2D eigenvalue weighted by molar-refractivity contribution is 8.18. The molecule has 1 aliphatic rings. The van der Waals surface area contributed by atoms with E-state index >= 15 is 0 Å². The van der Waals surface area contributed by atoms with Crippen molar-refractivity contribution in [2.45, 2.75) is 0 Å². The van der Waals surface area contributed by atoms with Gasteiger partial charge in [0.2, 0.25) is 0 Å². The van der Waals surface area contributed by atoms with E-state index in [9.17, 15) is 20.0 Å². The summed E-state index contributed by atoms with van der Waals surface area (Å²) in [7, 11) is 0. The lowest BCUT2D eigenvalue weighted by Gasteiger charge is -1.98. The second-order valence-electron chi connectivity index (χ2n) is 4.82. The fraction of sp³-hybridized carbons (Fsp3) is 0. The van der Waals surface area contributed by atoms with E-state index in [1.807, 2.05) is 0 Å². The highest BCUT2D eigenvalue weighted by Gasteiger charge is 2.25. The molecule has 0 saturated carbocycles. The number of hydrogen-bond donors (Lipinski definition) is 2. The molecule has 0 radical (unpaired) electrons. The Morgan fingerprint density at radius 3 is 2.58 bits per heavy atom. The Morgan fingerprint density at radius 2 is 1.88 bits per heavy atom. The molecule has 24 heavy (non-hydrogen) atoms. The summed E-state index contributed by atoms with van der Waals surface area (Å²) in [4.78, 5) is 27.1. The third kappa shape index (κ3) is 3.44. The zero-order valence-electron chi connectivity index (χ0n) is 12.2. The first kappa shape index (κ1) is 15.8. The van der Waals surface area contributed by atoms with Gasteiger partial charge in [0.25, 0.3) is 11.6 Å². The first-order valence-electron chi connectivity index (χ1n) is 6.85. The van der Waals surface area contributed by atoms with Crippen LogP contribution in [0.2, 0.25) is 0 Å². The minimum Gasteiger partial charge on any atom is -0.508 e. The van der Waals surface area contributed by atoms with Crippen LogP contribution in [0.15, 0.2) is 58.4 Å². The normalized spacial score (nSPS) is 17.2. The second kappa shape index (κ2) is 6.55. The minimum absolute atomic E-state index is 0.129. The van der Waals surface area contributed by atoms with Gasteiger partial charge in [-0.15, -0.1) is 0 Å². The number of nitro groups is 1. The zero-order valence-corrected chi connectivity index (χ0v) is 13.0. The third-order valence-electron chi connectivity index (χ3n) is 3.14. The molecule has 1 saturated heterocycles. The topological polar surface area (TPSA) is 105 Å². The molecule has 0 spiro atoms. The van der Waals surface area contributed by atoms with Gasteiger partial charge in [0, 0.05) is 6.07 Å². The molecular weight excluding hydrogens is 330 g/mol. The van der Waals surface area contributed by atoms with E-state index in [2.05, 4.69) is 10.3 Å². The predicted octanol–water partition coefficient (Wildman–Crippen LogP) is 3.19. The fourth-order valence-corrected chi connectivity index (χ4v) is 2.86.